The van der Waals surface area contributed by atoms with Crippen molar-refractivity contribution < 1.29 is 0 Å². The molecule has 0 bridgehead atoms. The van der Waals surface area contributed by atoms with Crippen molar-refractivity contribution in [3.05, 3.63) is 0 Å². The van der Waals surface area contributed by atoms with Crippen LogP contribution in [0.4, 0.5) is 0 Å². The zero-order valence-electron chi connectivity index (χ0n) is 9.71. The number of nitrogens with zero attached hydrogens (tertiary/aromatic N) is 1. The van der Waals surface area contributed by atoms with Gasteiger partial charge in [-0.05, 0) is 43.9 Å². The van der Waals surface area contributed by atoms with Gasteiger partial charge in [0.15, 0.2) is 0 Å². The molecule has 0 saturated heterocycles. The Morgan fingerprint density at radius 1 is 1.47 bits per heavy atom. The predicted octanol–water partition coefficient (Wildman–Crippen LogP) is 2.06. The van der Waals surface area contributed by atoms with Crippen molar-refractivity contribution in [3.63, 3.8) is 0 Å². The fraction of sp³-hybridized carbons (Fsp3) is 0.818. The lowest BCUT2D eigenvalue weighted by Gasteiger charge is -2.17. The van der Waals surface area contributed by atoms with Gasteiger partial charge in [0.2, 0.25) is 5.96 Å². The molecule has 0 spiro atoms. The van der Waals surface area contributed by atoms with Crippen LogP contribution in [-0.4, -0.2) is 11.7 Å². The molecule has 1 unspecified atom stereocenters. The Morgan fingerprint density at radius 2 is 2.20 bits per heavy atom. The molecule has 86 valence electrons. The molecule has 4 nitrogen and oxygen atoms in total. The van der Waals surface area contributed by atoms with Gasteiger partial charge in [-0.1, -0.05) is 13.8 Å². The van der Waals surface area contributed by atoms with E-state index in [4.69, 9.17) is 11.1 Å². The highest BCUT2D eigenvalue weighted by molar-refractivity contribution is 5.86. The van der Waals surface area contributed by atoms with Gasteiger partial charge in [-0.3, -0.25) is 5.41 Å². The van der Waals surface area contributed by atoms with Crippen LogP contribution < -0.4 is 11.2 Å². The number of rotatable bonds is 2. The number of guanidine groups is 1. The molecule has 0 aromatic heterocycles. The summed E-state index contributed by atoms with van der Waals surface area (Å²) < 4.78 is 0. The van der Waals surface area contributed by atoms with Crippen molar-refractivity contribution in [1.29, 1.82) is 5.41 Å². The van der Waals surface area contributed by atoms with E-state index in [0.29, 0.717) is 0 Å². The van der Waals surface area contributed by atoms with Crippen molar-refractivity contribution in [3.8, 4) is 0 Å². The molecular weight excluding hydrogens is 188 g/mol. The van der Waals surface area contributed by atoms with Crippen LogP contribution >= 0.6 is 0 Å². The predicted molar refractivity (Wildman–Crippen MR) is 63.9 cm³/mol. The van der Waals surface area contributed by atoms with Crippen molar-refractivity contribution in [2.24, 2.45) is 22.7 Å². The Labute approximate surface area is 91.8 Å². The lowest BCUT2D eigenvalue weighted by Crippen LogP contribution is -2.26. The number of hydrazone groups is 1. The molecule has 0 heterocycles. The van der Waals surface area contributed by atoms with Gasteiger partial charge in [0.25, 0.3) is 0 Å². The van der Waals surface area contributed by atoms with Crippen LogP contribution in [0.15, 0.2) is 5.10 Å². The van der Waals surface area contributed by atoms with E-state index in [1.54, 1.807) is 0 Å². The standard InChI is InChI=1S/C11H22N4/c1-8(2)9-4-3-5-10(7-6-9)14-15-11(12)13/h8-9H,3-7H2,1-2H3,(H4,12,13,15). The molecule has 1 aliphatic carbocycles. The molecule has 0 aromatic carbocycles. The number of hydrogen-bond donors (Lipinski definition) is 3. The maximum Gasteiger partial charge on any atom is 0.206 e. The number of hydrogen-bond acceptors (Lipinski definition) is 2. The minimum Gasteiger partial charge on any atom is -0.369 e. The topological polar surface area (TPSA) is 74.3 Å². The summed E-state index contributed by atoms with van der Waals surface area (Å²) in [6.45, 7) is 4.58. The zero-order chi connectivity index (χ0) is 11.3. The highest BCUT2D eigenvalue weighted by Gasteiger charge is 2.18. The summed E-state index contributed by atoms with van der Waals surface area (Å²) in [5, 5.41) is 11.2. The Balaban J connectivity index is 2.45. The smallest absolute Gasteiger partial charge is 0.206 e. The summed E-state index contributed by atoms with van der Waals surface area (Å²) in [6.07, 6.45) is 5.82. The highest BCUT2D eigenvalue weighted by atomic mass is 15.3. The van der Waals surface area contributed by atoms with Gasteiger partial charge in [-0.15, -0.1) is 0 Å². The largest absolute Gasteiger partial charge is 0.369 e. The second-order valence-electron chi connectivity index (χ2n) is 4.64. The zero-order valence-corrected chi connectivity index (χ0v) is 9.71. The summed E-state index contributed by atoms with van der Waals surface area (Å²) in [5.74, 6) is 1.52. The third-order valence-corrected chi connectivity index (χ3v) is 3.12. The maximum absolute atomic E-state index is 7.04. The first-order valence-corrected chi connectivity index (χ1v) is 5.75. The third-order valence-electron chi connectivity index (χ3n) is 3.12. The lowest BCUT2D eigenvalue weighted by molar-refractivity contribution is 0.345. The van der Waals surface area contributed by atoms with Gasteiger partial charge in [-0.25, -0.2) is 5.43 Å². The van der Waals surface area contributed by atoms with Crippen LogP contribution in [0.2, 0.25) is 0 Å². The van der Waals surface area contributed by atoms with Gasteiger partial charge < -0.3 is 5.73 Å². The Hall–Kier alpha value is -1.06. The SMILES string of the molecule is CC(C)C1CCCC(=NNC(=N)N)CC1. The van der Waals surface area contributed by atoms with Crippen LogP contribution in [0.5, 0.6) is 0 Å². The second-order valence-corrected chi connectivity index (χ2v) is 4.64. The molecule has 4 heteroatoms. The Bertz CT molecular complexity index is 245. The van der Waals surface area contributed by atoms with E-state index in [1.165, 1.54) is 19.3 Å². The fourth-order valence-corrected chi connectivity index (χ4v) is 2.11. The number of nitrogens with two attached hydrogens (primary N) is 1. The molecular formula is C11H22N4. The van der Waals surface area contributed by atoms with Crippen LogP contribution in [0.1, 0.15) is 46.0 Å². The average Bonchev–Trinajstić information content (AvgIpc) is 2.39. The summed E-state index contributed by atoms with van der Waals surface area (Å²) in [4.78, 5) is 0. The summed E-state index contributed by atoms with van der Waals surface area (Å²) in [5.41, 5.74) is 8.89. The minimum atomic E-state index is -0.0767. The van der Waals surface area contributed by atoms with E-state index in [9.17, 15) is 0 Å². The van der Waals surface area contributed by atoms with Crippen molar-refractivity contribution in [2.45, 2.75) is 46.0 Å². The van der Waals surface area contributed by atoms with Crippen LogP contribution in [0.3, 0.4) is 0 Å². The lowest BCUT2D eigenvalue weighted by atomic mass is 9.89. The van der Waals surface area contributed by atoms with Crippen LogP contribution in [0, 0.1) is 17.2 Å². The molecule has 1 rings (SSSR count). The normalized spacial score (nSPS) is 25.3. The van der Waals surface area contributed by atoms with Gasteiger partial charge in [0.1, 0.15) is 0 Å². The molecule has 1 aliphatic rings. The van der Waals surface area contributed by atoms with Gasteiger partial charge >= 0.3 is 0 Å². The van der Waals surface area contributed by atoms with Gasteiger partial charge in [0, 0.05) is 5.71 Å². The summed E-state index contributed by atoms with van der Waals surface area (Å²) >= 11 is 0. The maximum atomic E-state index is 7.04. The van der Waals surface area contributed by atoms with E-state index in [0.717, 1.165) is 30.4 Å². The fourth-order valence-electron chi connectivity index (χ4n) is 2.11. The minimum absolute atomic E-state index is 0.0767. The van der Waals surface area contributed by atoms with Gasteiger partial charge in [-0.2, -0.15) is 5.10 Å². The van der Waals surface area contributed by atoms with Gasteiger partial charge in [0.05, 0.1) is 0 Å². The van der Waals surface area contributed by atoms with E-state index >= 15 is 0 Å². The molecule has 0 amide bonds. The Kier molecular flexibility index (Phi) is 4.59. The molecule has 0 aromatic rings. The summed E-state index contributed by atoms with van der Waals surface area (Å²) in [7, 11) is 0. The van der Waals surface area contributed by atoms with Crippen LogP contribution in [0.25, 0.3) is 0 Å². The third kappa shape index (κ3) is 4.32. The molecule has 4 N–H and O–H groups in total. The summed E-state index contributed by atoms with van der Waals surface area (Å²) in [6, 6.07) is 0. The number of nitrogens with one attached hydrogen (secondary N) is 2. The molecule has 0 radical (unpaired) electrons. The molecule has 1 atom stereocenters. The molecule has 15 heavy (non-hydrogen) atoms. The van der Waals surface area contributed by atoms with Crippen molar-refractivity contribution in [1.82, 2.24) is 5.43 Å². The molecule has 1 saturated carbocycles. The first kappa shape index (κ1) is 12.0. The van der Waals surface area contributed by atoms with Crippen molar-refractivity contribution >= 4 is 11.7 Å². The Morgan fingerprint density at radius 3 is 2.80 bits per heavy atom. The second kappa shape index (κ2) is 5.73. The van der Waals surface area contributed by atoms with E-state index in [2.05, 4.69) is 24.4 Å². The monoisotopic (exact) mass is 210 g/mol. The first-order chi connectivity index (χ1) is 7.09. The molecule has 1 fully saturated rings. The van der Waals surface area contributed by atoms with Crippen molar-refractivity contribution in [2.75, 3.05) is 0 Å². The quantitative estimate of drug-likeness (QED) is 0.282. The van der Waals surface area contributed by atoms with E-state index < -0.39 is 0 Å². The highest BCUT2D eigenvalue weighted by Crippen LogP contribution is 2.27. The molecule has 0 aliphatic heterocycles. The van der Waals surface area contributed by atoms with E-state index in [1.807, 2.05) is 0 Å². The van der Waals surface area contributed by atoms with E-state index in [-0.39, 0.29) is 5.96 Å². The van der Waals surface area contributed by atoms with Crippen LogP contribution in [-0.2, 0) is 0 Å². The first-order valence-electron chi connectivity index (χ1n) is 5.75. The average molecular weight is 210 g/mol.